The van der Waals surface area contributed by atoms with Crippen LogP contribution in [0.15, 0.2) is 44.9 Å². The molecule has 0 saturated heterocycles. The molecule has 1 aliphatic rings. The lowest BCUT2D eigenvalue weighted by Crippen LogP contribution is -2.31. The van der Waals surface area contributed by atoms with E-state index >= 15 is 0 Å². The number of hydrogen-bond acceptors (Lipinski definition) is 8. The third-order valence-electron chi connectivity index (χ3n) is 2.68. The average Bonchev–Trinajstić information content (AvgIpc) is 2.93. The van der Waals surface area contributed by atoms with Crippen LogP contribution in [0, 0.1) is 10.1 Å². The summed E-state index contributed by atoms with van der Waals surface area (Å²) in [6, 6.07) is 7.33. The molecule has 9 nitrogen and oxygen atoms in total. The Hall–Kier alpha value is -2.40. The molecule has 0 aliphatic carbocycles. The second-order valence-corrected chi connectivity index (χ2v) is 5.96. The van der Waals surface area contributed by atoms with E-state index in [1.54, 1.807) is 17.5 Å². The molecule has 1 unspecified atom stereocenters. The average molecular weight is 353 g/mol. The fraction of sp³-hybridized carbons (Fsp3) is 0.167. The van der Waals surface area contributed by atoms with Crippen molar-refractivity contribution in [3.63, 3.8) is 0 Å². The van der Waals surface area contributed by atoms with Crippen molar-refractivity contribution in [2.45, 2.75) is 5.50 Å². The number of nitrogens with two attached hydrogens (primary N) is 2. The zero-order valence-electron chi connectivity index (χ0n) is 12.1. The normalized spacial score (nSPS) is 17.2. The van der Waals surface area contributed by atoms with Crippen LogP contribution in [0.4, 0.5) is 11.4 Å². The van der Waals surface area contributed by atoms with Crippen molar-refractivity contribution in [1.29, 1.82) is 0 Å². The maximum atomic E-state index is 10.6. The maximum absolute atomic E-state index is 10.6. The molecule has 1 atom stereocenters. The second kappa shape index (κ2) is 7.74. The van der Waals surface area contributed by atoms with E-state index in [0.29, 0.717) is 10.7 Å². The maximum Gasteiger partial charge on any atom is 0.264 e. The highest BCUT2D eigenvalue weighted by atomic mass is 32.2. The molecule has 23 heavy (non-hydrogen) atoms. The van der Waals surface area contributed by atoms with Crippen molar-refractivity contribution < 1.29 is 4.92 Å². The van der Waals surface area contributed by atoms with Crippen LogP contribution in [-0.4, -0.2) is 29.0 Å². The van der Waals surface area contributed by atoms with Gasteiger partial charge in [0, 0.05) is 23.3 Å². The molecular formula is C12H15N7O2S2. The Morgan fingerprint density at radius 3 is 3.04 bits per heavy atom. The van der Waals surface area contributed by atoms with Crippen LogP contribution in [0.2, 0.25) is 0 Å². The Morgan fingerprint density at radius 2 is 2.39 bits per heavy atom. The van der Waals surface area contributed by atoms with E-state index in [4.69, 9.17) is 11.5 Å². The molecule has 1 aromatic carbocycles. The third-order valence-corrected chi connectivity index (χ3v) is 4.06. The number of benzene rings is 1. The van der Waals surface area contributed by atoms with E-state index < -0.39 is 4.92 Å². The number of guanidine groups is 1. The van der Waals surface area contributed by atoms with Crippen molar-refractivity contribution in [2.24, 2.45) is 20.9 Å². The predicted octanol–water partition coefficient (Wildman–Crippen LogP) is 1.59. The number of rotatable bonds is 6. The van der Waals surface area contributed by atoms with Gasteiger partial charge in [-0.05, 0) is 24.5 Å². The Balaban J connectivity index is 2.21. The Labute approximate surface area is 141 Å². The van der Waals surface area contributed by atoms with Gasteiger partial charge < -0.3 is 16.8 Å². The molecule has 2 rings (SSSR count). The molecule has 0 radical (unpaired) electrons. The zero-order valence-corrected chi connectivity index (χ0v) is 13.8. The largest absolute Gasteiger partial charge is 0.370 e. The summed E-state index contributed by atoms with van der Waals surface area (Å²) < 4.78 is 4.10. The van der Waals surface area contributed by atoms with Crippen LogP contribution in [0.25, 0.3) is 0 Å². The topological polar surface area (TPSA) is 135 Å². The quantitative estimate of drug-likeness (QED) is 0.231. The fourth-order valence-electron chi connectivity index (χ4n) is 1.77. The van der Waals surface area contributed by atoms with Crippen LogP contribution in [0.5, 0.6) is 0 Å². The summed E-state index contributed by atoms with van der Waals surface area (Å²) in [6.07, 6.45) is 4.31. The second-order valence-electron chi connectivity index (χ2n) is 4.27. The number of thioether (sulfide) groups is 1. The van der Waals surface area contributed by atoms with E-state index in [1.807, 2.05) is 24.3 Å². The molecule has 1 aromatic rings. The van der Waals surface area contributed by atoms with Crippen molar-refractivity contribution in [1.82, 2.24) is 0 Å². The first-order valence-electron chi connectivity index (χ1n) is 6.32. The van der Waals surface area contributed by atoms with Gasteiger partial charge in [-0.15, -0.1) is 11.8 Å². The highest BCUT2D eigenvalue weighted by Gasteiger charge is 2.22. The van der Waals surface area contributed by atoms with Crippen LogP contribution in [-0.2, 0) is 0 Å². The minimum atomic E-state index is -0.499. The minimum absolute atomic E-state index is 0.0223. The van der Waals surface area contributed by atoms with Crippen molar-refractivity contribution in [2.75, 3.05) is 16.5 Å². The molecule has 0 fully saturated rings. The molecule has 5 N–H and O–H groups in total. The summed E-state index contributed by atoms with van der Waals surface area (Å²) in [7, 11) is 0. The third kappa shape index (κ3) is 4.79. The van der Waals surface area contributed by atoms with E-state index in [0.717, 1.165) is 11.9 Å². The van der Waals surface area contributed by atoms with Crippen molar-refractivity contribution in [3.05, 3.63) is 45.6 Å². The number of nitrogens with one attached hydrogen (secondary N) is 1. The fourth-order valence-corrected chi connectivity index (χ4v) is 2.89. The van der Waals surface area contributed by atoms with Crippen LogP contribution in [0.1, 0.15) is 0 Å². The smallest absolute Gasteiger partial charge is 0.264 e. The van der Waals surface area contributed by atoms with Gasteiger partial charge in [-0.25, -0.2) is 9.39 Å². The molecular weight excluding hydrogens is 338 g/mol. The highest BCUT2D eigenvalue weighted by molar-refractivity contribution is 8.02. The van der Waals surface area contributed by atoms with Crippen molar-refractivity contribution in [3.8, 4) is 0 Å². The monoisotopic (exact) mass is 353 g/mol. The summed E-state index contributed by atoms with van der Waals surface area (Å²) in [5, 5.41) is 14.0. The summed E-state index contributed by atoms with van der Waals surface area (Å²) in [5.74, 6) is -0.0223. The number of aliphatic imine (C=N–C) groups is 1. The number of nitro groups is 1. The summed E-state index contributed by atoms with van der Waals surface area (Å²) in [6.45, 7) is 0. The molecule has 0 aromatic heterocycles. The summed E-state index contributed by atoms with van der Waals surface area (Å²) in [5.41, 5.74) is 12.0. The first-order chi connectivity index (χ1) is 11.0. The van der Waals surface area contributed by atoms with Crippen LogP contribution >= 0.6 is 23.7 Å². The molecule has 0 saturated carbocycles. The van der Waals surface area contributed by atoms with Gasteiger partial charge in [-0.1, -0.05) is 6.07 Å². The highest BCUT2D eigenvalue weighted by Crippen LogP contribution is 2.31. The molecule has 0 amide bonds. The van der Waals surface area contributed by atoms with Gasteiger partial charge in [0.25, 0.3) is 6.20 Å². The Kier molecular flexibility index (Phi) is 5.71. The Morgan fingerprint density at radius 1 is 1.61 bits per heavy atom. The van der Waals surface area contributed by atoms with E-state index in [2.05, 4.69) is 14.7 Å². The van der Waals surface area contributed by atoms with Gasteiger partial charge in [-0.2, -0.15) is 0 Å². The molecule has 0 bridgehead atoms. The van der Waals surface area contributed by atoms with Crippen LogP contribution in [0.3, 0.4) is 0 Å². The SMILES string of the molecule is CSC(=C[N+](=O)[O-])Nc1cccc(N2C=NSC2N=C(N)N)c1. The number of nitrogens with zero attached hydrogens (tertiary/aromatic N) is 4. The molecule has 122 valence electrons. The molecule has 0 spiro atoms. The van der Waals surface area contributed by atoms with E-state index in [-0.39, 0.29) is 11.5 Å². The molecule has 1 aliphatic heterocycles. The first kappa shape index (κ1) is 17.0. The van der Waals surface area contributed by atoms with Gasteiger partial charge in [0.2, 0.25) is 0 Å². The lowest BCUT2D eigenvalue weighted by Gasteiger charge is -2.20. The molecule has 1 heterocycles. The number of hydrogen-bond donors (Lipinski definition) is 3. The van der Waals surface area contributed by atoms with Gasteiger partial charge in [0.05, 0.1) is 4.92 Å². The summed E-state index contributed by atoms with van der Waals surface area (Å²) in [4.78, 5) is 16.0. The minimum Gasteiger partial charge on any atom is -0.370 e. The molecule has 11 heteroatoms. The predicted molar refractivity (Wildman–Crippen MR) is 96.8 cm³/mol. The van der Waals surface area contributed by atoms with Gasteiger partial charge in [0.1, 0.15) is 11.4 Å². The lowest BCUT2D eigenvalue weighted by atomic mass is 10.2. The van der Waals surface area contributed by atoms with E-state index in [1.165, 1.54) is 23.7 Å². The zero-order chi connectivity index (χ0) is 16.8. The van der Waals surface area contributed by atoms with Crippen molar-refractivity contribution >= 4 is 47.4 Å². The van der Waals surface area contributed by atoms with Gasteiger partial charge in [0.15, 0.2) is 11.5 Å². The first-order valence-corrected chi connectivity index (χ1v) is 8.38. The van der Waals surface area contributed by atoms with Crippen LogP contribution < -0.4 is 21.7 Å². The van der Waals surface area contributed by atoms with Gasteiger partial charge >= 0.3 is 0 Å². The summed E-state index contributed by atoms with van der Waals surface area (Å²) >= 11 is 2.48. The number of anilines is 2. The standard InChI is InChI=1S/C12H15N7O2S2/c1-22-10(6-19(20)21)16-8-3-2-4-9(5-8)18-7-15-23-12(18)17-11(13)14/h2-7,12,16H,1H3,(H4,13,14,17). The lowest BCUT2D eigenvalue weighted by molar-refractivity contribution is -0.402. The van der Waals surface area contributed by atoms with Gasteiger partial charge in [-0.3, -0.25) is 15.0 Å². The Bertz CT molecular complexity index is 673. The van der Waals surface area contributed by atoms with E-state index in [9.17, 15) is 10.1 Å².